The predicted octanol–water partition coefficient (Wildman–Crippen LogP) is 2.08. The molecular formula is C13H23N3O. The van der Waals surface area contributed by atoms with Gasteiger partial charge in [0.2, 0.25) is 0 Å². The zero-order chi connectivity index (χ0) is 13.0. The summed E-state index contributed by atoms with van der Waals surface area (Å²) in [5.74, 6) is 1.62. The molecule has 1 aromatic heterocycles. The molecule has 96 valence electrons. The lowest BCUT2D eigenvalue weighted by Crippen LogP contribution is -2.33. The summed E-state index contributed by atoms with van der Waals surface area (Å²) in [4.78, 5) is 11.8. The van der Waals surface area contributed by atoms with Crippen molar-refractivity contribution in [1.29, 1.82) is 0 Å². The molecule has 0 saturated heterocycles. The second-order valence-electron chi connectivity index (χ2n) is 5.26. The van der Waals surface area contributed by atoms with Gasteiger partial charge < -0.3 is 5.32 Å². The fraction of sp³-hybridized carbons (Fsp3) is 0.692. The van der Waals surface area contributed by atoms with Gasteiger partial charge >= 0.3 is 0 Å². The van der Waals surface area contributed by atoms with E-state index in [-0.39, 0.29) is 5.91 Å². The molecule has 0 aliphatic rings. The summed E-state index contributed by atoms with van der Waals surface area (Å²) in [7, 11) is 1.81. The molecule has 0 bridgehead atoms. The van der Waals surface area contributed by atoms with Gasteiger partial charge in [-0.2, -0.15) is 5.10 Å². The van der Waals surface area contributed by atoms with Crippen LogP contribution in [0.2, 0.25) is 0 Å². The first-order valence-corrected chi connectivity index (χ1v) is 6.18. The summed E-state index contributed by atoms with van der Waals surface area (Å²) in [6, 6.07) is 0. The van der Waals surface area contributed by atoms with E-state index in [4.69, 9.17) is 0 Å². The minimum Gasteiger partial charge on any atom is -0.352 e. The molecule has 1 aromatic rings. The van der Waals surface area contributed by atoms with Gasteiger partial charge in [-0.15, -0.1) is 0 Å². The highest BCUT2D eigenvalue weighted by Gasteiger charge is 2.18. The molecule has 0 saturated carbocycles. The van der Waals surface area contributed by atoms with Crippen LogP contribution in [0, 0.1) is 17.8 Å². The number of carbonyl (C=O) groups excluding carboxylic acids is 1. The van der Waals surface area contributed by atoms with E-state index in [2.05, 4.69) is 38.1 Å². The SMILES string of the molecule is CC(C)C(CNC(=O)c1cnn(C)c1)C(C)C. The van der Waals surface area contributed by atoms with E-state index in [0.717, 1.165) is 6.54 Å². The van der Waals surface area contributed by atoms with Gasteiger partial charge in [0.05, 0.1) is 11.8 Å². The fourth-order valence-electron chi connectivity index (χ4n) is 2.09. The highest BCUT2D eigenvalue weighted by molar-refractivity contribution is 5.93. The van der Waals surface area contributed by atoms with Crippen molar-refractivity contribution in [3.8, 4) is 0 Å². The zero-order valence-corrected chi connectivity index (χ0v) is 11.4. The molecule has 1 N–H and O–H groups in total. The fourth-order valence-corrected chi connectivity index (χ4v) is 2.09. The summed E-state index contributed by atoms with van der Waals surface area (Å²) < 4.78 is 1.64. The third kappa shape index (κ3) is 3.88. The Bertz CT molecular complexity index is 360. The normalized spacial score (nSPS) is 11.5. The molecule has 0 fully saturated rings. The molecule has 4 nitrogen and oxygen atoms in total. The Morgan fingerprint density at radius 1 is 1.35 bits per heavy atom. The Kier molecular flexibility index (Phi) is 4.73. The third-order valence-corrected chi connectivity index (χ3v) is 3.18. The first kappa shape index (κ1) is 13.7. The number of aromatic nitrogens is 2. The highest BCUT2D eigenvalue weighted by atomic mass is 16.1. The average molecular weight is 237 g/mol. The molecule has 0 unspecified atom stereocenters. The lowest BCUT2D eigenvalue weighted by atomic mass is 9.85. The molecule has 17 heavy (non-hydrogen) atoms. The number of nitrogens with one attached hydrogen (secondary N) is 1. The number of hydrogen-bond acceptors (Lipinski definition) is 2. The maximum absolute atomic E-state index is 11.8. The van der Waals surface area contributed by atoms with Crippen LogP contribution in [0.4, 0.5) is 0 Å². The maximum atomic E-state index is 11.8. The summed E-state index contributed by atoms with van der Waals surface area (Å²) in [6.45, 7) is 9.51. The van der Waals surface area contributed by atoms with E-state index >= 15 is 0 Å². The van der Waals surface area contributed by atoms with Crippen LogP contribution in [-0.2, 0) is 7.05 Å². The summed E-state index contributed by atoms with van der Waals surface area (Å²) in [6.07, 6.45) is 3.32. The van der Waals surface area contributed by atoms with Crippen LogP contribution in [0.3, 0.4) is 0 Å². The molecule has 1 rings (SSSR count). The van der Waals surface area contributed by atoms with E-state index < -0.39 is 0 Å². The zero-order valence-electron chi connectivity index (χ0n) is 11.4. The lowest BCUT2D eigenvalue weighted by Gasteiger charge is -2.24. The Morgan fingerprint density at radius 3 is 2.35 bits per heavy atom. The van der Waals surface area contributed by atoms with Gasteiger partial charge in [0.1, 0.15) is 0 Å². The molecule has 0 aliphatic carbocycles. The van der Waals surface area contributed by atoms with Crippen LogP contribution in [0.25, 0.3) is 0 Å². The Morgan fingerprint density at radius 2 is 1.94 bits per heavy atom. The van der Waals surface area contributed by atoms with Gasteiger partial charge in [-0.1, -0.05) is 27.7 Å². The van der Waals surface area contributed by atoms with Gasteiger partial charge in [-0.3, -0.25) is 9.48 Å². The van der Waals surface area contributed by atoms with Crippen molar-refractivity contribution in [2.75, 3.05) is 6.54 Å². The van der Waals surface area contributed by atoms with Crippen LogP contribution < -0.4 is 5.32 Å². The van der Waals surface area contributed by atoms with Gasteiger partial charge in [0.15, 0.2) is 0 Å². The van der Waals surface area contributed by atoms with Crippen molar-refractivity contribution < 1.29 is 4.79 Å². The van der Waals surface area contributed by atoms with Crippen LogP contribution in [0.5, 0.6) is 0 Å². The van der Waals surface area contributed by atoms with Gasteiger partial charge in [0.25, 0.3) is 5.91 Å². The monoisotopic (exact) mass is 237 g/mol. The van der Waals surface area contributed by atoms with Crippen molar-refractivity contribution in [3.63, 3.8) is 0 Å². The van der Waals surface area contributed by atoms with E-state index in [9.17, 15) is 4.79 Å². The van der Waals surface area contributed by atoms with Crippen molar-refractivity contribution in [2.45, 2.75) is 27.7 Å². The summed E-state index contributed by atoms with van der Waals surface area (Å²) >= 11 is 0. The molecular weight excluding hydrogens is 214 g/mol. The van der Waals surface area contributed by atoms with Crippen LogP contribution in [0.1, 0.15) is 38.1 Å². The van der Waals surface area contributed by atoms with E-state index in [1.165, 1.54) is 0 Å². The number of nitrogens with zero attached hydrogens (tertiary/aromatic N) is 2. The molecule has 1 amide bonds. The summed E-state index contributed by atoms with van der Waals surface area (Å²) in [5.41, 5.74) is 0.624. The van der Waals surface area contributed by atoms with Crippen molar-refractivity contribution in [2.24, 2.45) is 24.8 Å². The van der Waals surface area contributed by atoms with Gasteiger partial charge in [0, 0.05) is 19.8 Å². The Balaban J connectivity index is 2.52. The van der Waals surface area contributed by atoms with Crippen molar-refractivity contribution in [3.05, 3.63) is 18.0 Å². The van der Waals surface area contributed by atoms with E-state index in [0.29, 0.717) is 23.3 Å². The smallest absolute Gasteiger partial charge is 0.254 e. The van der Waals surface area contributed by atoms with Gasteiger partial charge in [-0.05, 0) is 17.8 Å². The molecule has 0 atom stereocenters. The average Bonchev–Trinajstić information content (AvgIpc) is 2.63. The quantitative estimate of drug-likeness (QED) is 0.852. The standard InChI is InChI=1S/C13H23N3O/c1-9(2)12(10(3)4)7-14-13(17)11-6-15-16(5)8-11/h6,8-10,12H,7H2,1-5H3,(H,14,17). The second kappa shape index (κ2) is 5.84. The first-order valence-electron chi connectivity index (χ1n) is 6.18. The van der Waals surface area contributed by atoms with Crippen molar-refractivity contribution >= 4 is 5.91 Å². The third-order valence-electron chi connectivity index (χ3n) is 3.18. The second-order valence-corrected chi connectivity index (χ2v) is 5.26. The molecule has 0 spiro atoms. The Labute approximate surface area is 103 Å². The van der Waals surface area contributed by atoms with Crippen molar-refractivity contribution in [1.82, 2.24) is 15.1 Å². The molecule has 0 radical (unpaired) electrons. The molecule has 0 aromatic carbocycles. The highest BCUT2D eigenvalue weighted by Crippen LogP contribution is 2.19. The summed E-state index contributed by atoms with van der Waals surface area (Å²) in [5, 5.41) is 6.97. The number of hydrogen-bond donors (Lipinski definition) is 1. The van der Waals surface area contributed by atoms with Crippen LogP contribution in [-0.4, -0.2) is 22.2 Å². The predicted molar refractivity (Wildman–Crippen MR) is 68.7 cm³/mol. The van der Waals surface area contributed by atoms with Crippen LogP contribution >= 0.6 is 0 Å². The van der Waals surface area contributed by atoms with Crippen LogP contribution in [0.15, 0.2) is 12.4 Å². The minimum absolute atomic E-state index is 0.0376. The molecule has 1 heterocycles. The topological polar surface area (TPSA) is 46.9 Å². The number of amides is 1. The number of carbonyl (C=O) groups is 1. The largest absolute Gasteiger partial charge is 0.352 e. The molecule has 4 heteroatoms. The lowest BCUT2D eigenvalue weighted by molar-refractivity contribution is 0.0937. The first-order chi connectivity index (χ1) is 7.91. The minimum atomic E-state index is -0.0376. The maximum Gasteiger partial charge on any atom is 0.254 e. The molecule has 0 aliphatic heterocycles. The Hall–Kier alpha value is -1.32. The number of aryl methyl sites for hydroxylation is 1. The van der Waals surface area contributed by atoms with Gasteiger partial charge in [-0.25, -0.2) is 0 Å². The number of rotatable bonds is 5. The van der Waals surface area contributed by atoms with E-state index in [1.807, 2.05) is 7.05 Å². The van der Waals surface area contributed by atoms with E-state index in [1.54, 1.807) is 17.1 Å².